The van der Waals surface area contributed by atoms with E-state index in [1.54, 1.807) is 0 Å². The van der Waals surface area contributed by atoms with Crippen LogP contribution in [0.5, 0.6) is 0 Å². The smallest absolute Gasteiger partial charge is 0.0670 e. The van der Waals surface area contributed by atoms with Gasteiger partial charge in [-0.15, -0.1) is 0 Å². The molecule has 1 aliphatic heterocycles. The first-order valence-corrected chi connectivity index (χ1v) is 11.4. The highest BCUT2D eigenvalue weighted by Crippen LogP contribution is 2.36. The van der Waals surface area contributed by atoms with Gasteiger partial charge in [0.05, 0.1) is 16.8 Å². The Balaban J connectivity index is 1.55. The third kappa shape index (κ3) is 5.25. The molecule has 0 saturated carbocycles. The molecule has 1 atom stereocenters. The molecular weight excluding hydrogens is 458 g/mol. The lowest BCUT2D eigenvalue weighted by molar-refractivity contribution is 0.226. The Hall–Kier alpha value is -1.42. The summed E-state index contributed by atoms with van der Waals surface area (Å²) in [5.41, 5.74) is 3.53. The van der Waals surface area contributed by atoms with Crippen LogP contribution in [0.3, 0.4) is 0 Å². The Morgan fingerprint density at radius 1 is 0.733 bits per heavy atom. The minimum atomic E-state index is 0.180. The first-order chi connectivity index (χ1) is 14.5. The van der Waals surface area contributed by atoms with Crippen molar-refractivity contribution in [2.75, 3.05) is 31.1 Å². The van der Waals surface area contributed by atoms with Crippen molar-refractivity contribution in [3.63, 3.8) is 0 Å². The molecule has 3 aromatic rings. The van der Waals surface area contributed by atoms with Gasteiger partial charge in [-0.05, 0) is 60.0 Å². The second-order valence-corrected chi connectivity index (χ2v) is 9.25. The van der Waals surface area contributed by atoms with E-state index in [9.17, 15) is 0 Å². The Kier molecular flexibility index (Phi) is 7.12. The van der Waals surface area contributed by atoms with Crippen molar-refractivity contribution >= 4 is 52.1 Å². The molecule has 3 aromatic carbocycles. The standard InChI is InChI=1S/C24H22Cl4N2/c25-19-5-1-17(2-6-19)11-12-29-13-14-30(23-10-9-21(27)15-22(23)28)24(16-29)18-3-7-20(26)8-4-18/h1-10,15,24H,11-14,16H2/t24-/m0/s1. The van der Waals surface area contributed by atoms with Crippen molar-refractivity contribution in [2.45, 2.75) is 12.5 Å². The van der Waals surface area contributed by atoms with E-state index < -0.39 is 0 Å². The number of anilines is 1. The van der Waals surface area contributed by atoms with Crippen molar-refractivity contribution in [3.05, 3.63) is 97.9 Å². The van der Waals surface area contributed by atoms with Gasteiger partial charge in [0.2, 0.25) is 0 Å². The highest BCUT2D eigenvalue weighted by molar-refractivity contribution is 6.36. The highest BCUT2D eigenvalue weighted by atomic mass is 35.5. The van der Waals surface area contributed by atoms with Gasteiger partial charge in [-0.3, -0.25) is 4.90 Å². The minimum Gasteiger partial charge on any atom is -0.361 e. The fraction of sp³-hybridized carbons (Fsp3) is 0.250. The molecule has 6 heteroatoms. The fourth-order valence-corrected chi connectivity index (χ4v) is 4.72. The number of benzene rings is 3. The van der Waals surface area contributed by atoms with Crippen LogP contribution in [0.15, 0.2) is 66.7 Å². The molecule has 0 spiro atoms. The zero-order valence-electron chi connectivity index (χ0n) is 16.4. The summed E-state index contributed by atoms with van der Waals surface area (Å²) in [5, 5.41) is 2.84. The van der Waals surface area contributed by atoms with E-state index in [2.05, 4.69) is 34.1 Å². The number of hydrogen-bond acceptors (Lipinski definition) is 2. The van der Waals surface area contributed by atoms with Gasteiger partial charge in [-0.25, -0.2) is 0 Å². The normalized spacial score (nSPS) is 17.3. The molecule has 0 bridgehead atoms. The molecule has 0 N–H and O–H groups in total. The maximum atomic E-state index is 6.56. The average molecular weight is 480 g/mol. The second-order valence-electron chi connectivity index (χ2n) is 7.53. The van der Waals surface area contributed by atoms with Crippen LogP contribution >= 0.6 is 46.4 Å². The van der Waals surface area contributed by atoms with Gasteiger partial charge in [0, 0.05) is 41.2 Å². The number of hydrogen-bond donors (Lipinski definition) is 0. The van der Waals surface area contributed by atoms with Crippen LogP contribution in [0.1, 0.15) is 17.2 Å². The first-order valence-electron chi connectivity index (χ1n) is 9.93. The Bertz CT molecular complexity index is 989. The van der Waals surface area contributed by atoms with Gasteiger partial charge >= 0.3 is 0 Å². The van der Waals surface area contributed by atoms with Gasteiger partial charge in [0.15, 0.2) is 0 Å². The van der Waals surface area contributed by atoms with Crippen LogP contribution in [0.2, 0.25) is 20.1 Å². The van der Waals surface area contributed by atoms with E-state index in [-0.39, 0.29) is 6.04 Å². The monoisotopic (exact) mass is 478 g/mol. The van der Waals surface area contributed by atoms with Gasteiger partial charge in [-0.1, -0.05) is 70.7 Å². The zero-order chi connectivity index (χ0) is 21.1. The third-order valence-electron chi connectivity index (χ3n) is 5.57. The molecule has 1 aliphatic rings. The zero-order valence-corrected chi connectivity index (χ0v) is 19.4. The number of nitrogens with zero attached hydrogens (tertiary/aromatic N) is 2. The van der Waals surface area contributed by atoms with E-state index in [1.807, 2.05) is 42.5 Å². The van der Waals surface area contributed by atoms with Crippen LogP contribution in [0.4, 0.5) is 5.69 Å². The van der Waals surface area contributed by atoms with Crippen LogP contribution in [0.25, 0.3) is 0 Å². The summed E-state index contributed by atoms with van der Waals surface area (Å²) in [4.78, 5) is 4.88. The largest absolute Gasteiger partial charge is 0.361 e. The van der Waals surface area contributed by atoms with Crippen LogP contribution < -0.4 is 4.90 Å². The van der Waals surface area contributed by atoms with Crippen molar-refractivity contribution < 1.29 is 0 Å². The van der Waals surface area contributed by atoms with Crippen LogP contribution in [0, 0.1) is 0 Å². The number of halogens is 4. The van der Waals surface area contributed by atoms with Gasteiger partial charge in [0.1, 0.15) is 0 Å². The number of piperazine rings is 1. The Morgan fingerprint density at radius 2 is 1.37 bits per heavy atom. The van der Waals surface area contributed by atoms with E-state index in [0.717, 1.165) is 48.3 Å². The summed E-state index contributed by atoms with van der Waals surface area (Å²) >= 11 is 24.8. The molecular formula is C24H22Cl4N2. The van der Waals surface area contributed by atoms with E-state index >= 15 is 0 Å². The topological polar surface area (TPSA) is 6.48 Å². The van der Waals surface area contributed by atoms with Crippen LogP contribution in [-0.4, -0.2) is 31.1 Å². The second kappa shape index (κ2) is 9.80. The van der Waals surface area contributed by atoms with Crippen molar-refractivity contribution in [2.24, 2.45) is 0 Å². The van der Waals surface area contributed by atoms with Crippen molar-refractivity contribution in [1.29, 1.82) is 0 Å². The quantitative estimate of drug-likeness (QED) is 0.376. The molecule has 2 nitrogen and oxygen atoms in total. The van der Waals surface area contributed by atoms with Crippen LogP contribution in [-0.2, 0) is 6.42 Å². The van der Waals surface area contributed by atoms with E-state index in [4.69, 9.17) is 46.4 Å². The maximum Gasteiger partial charge on any atom is 0.0670 e. The summed E-state index contributed by atoms with van der Waals surface area (Å²) in [6.07, 6.45) is 0.992. The third-order valence-corrected chi connectivity index (χ3v) is 6.61. The lowest BCUT2D eigenvalue weighted by Crippen LogP contribution is -2.49. The molecule has 0 aliphatic carbocycles. The molecule has 1 saturated heterocycles. The summed E-state index contributed by atoms with van der Waals surface area (Å²) in [5.74, 6) is 0. The molecule has 0 radical (unpaired) electrons. The van der Waals surface area contributed by atoms with Gasteiger partial charge in [-0.2, -0.15) is 0 Å². The van der Waals surface area contributed by atoms with Gasteiger partial charge in [0.25, 0.3) is 0 Å². The molecule has 4 rings (SSSR count). The van der Waals surface area contributed by atoms with Crippen molar-refractivity contribution in [1.82, 2.24) is 4.90 Å². The lowest BCUT2D eigenvalue weighted by Gasteiger charge is -2.43. The maximum absolute atomic E-state index is 6.56. The van der Waals surface area contributed by atoms with E-state index in [1.165, 1.54) is 11.1 Å². The molecule has 30 heavy (non-hydrogen) atoms. The predicted molar refractivity (Wildman–Crippen MR) is 130 cm³/mol. The Morgan fingerprint density at radius 3 is 2.03 bits per heavy atom. The molecule has 0 amide bonds. The number of rotatable bonds is 5. The summed E-state index contributed by atoms with van der Waals surface area (Å²) in [6, 6.07) is 22.1. The average Bonchev–Trinajstić information content (AvgIpc) is 2.74. The predicted octanol–water partition coefficient (Wildman–Crippen LogP) is 7.41. The SMILES string of the molecule is Clc1ccc(CCN2CCN(c3ccc(Cl)cc3Cl)[C@H](c3ccc(Cl)cc3)C2)cc1. The van der Waals surface area contributed by atoms with Crippen molar-refractivity contribution in [3.8, 4) is 0 Å². The molecule has 1 heterocycles. The minimum absolute atomic E-state index is 0.180. The van der Waals surface area contributed by atoms with Gasteiger partial charge < -0.3 is 4.90 Å². The lowest BCUT2D eigenvalue weighted by atomic mass is 10.0. The fourth-order valence-electron chi connectivity index (χ4n) is 3.95. The molecule has 0 aromatic heterocycles. The summed E-state index contributed by atoms with van der Waals surface area (Å²) < 4.78 is 0. The molecule has 156 valence electrons. The molecule has 0 unspecified atom stereocenters. The highest BCUT2D eigenvalue weighted by Gasteiger charge is 2.29. The van der Waals surface area contributed by atoms with E-state index in [0.29, 0.717) is 10.0 Å². The molecule has 1 fully saturated rings. The summed E-state index contributed by atoms with van der Waals surface area (Å²) in [7, 11) is 0. The summed E-state index contributed by atoms with van der Waals surface area (Å²) in [6.45, 7) is 3.76. The Labute approximate surface area is 197 Å². The first kappa shape index (κ1) is 21.8.